The molecular formula is C43H39N19O9. The second-order valence-electron chi connectivity index (χ2n) is 17.5. The second-order valence-corrected chi connectivity index (χ2v) is 17.5. The summed E-state index contributed by atoms with van der Waals surface area (Å²) in [4.78, 5) is 60.3. The Balaban J connectivity index is 1.35. The van der Waals surface area contributed by atoms with E-state index in [4.69, 9.17) is 11.5 Å². The highest BCUT2D eigenvalue weighted by Crippen LogP contribution is 2.41. The number of carboxylic acids is 4. The van der Waals surface area contributed by atoms with Crippen LogP contribution in [0.15, 0.2) is 56.9 Å². The Morgan fingerprint density at radius 1 is 0.535 bits per heavy atom. The fourth-order valence-electron chi connectivity index (χ4n) is 6.88. The van der Waals surface area contributed by atoms with Gasteiger partial charge in [0.1, 0.15) is 23.3 Å². The Kier molecular flexibility index (Phi) is 12.2. The van der Waals surface area contributed by atoms with Crippen molar-refractivity contribution in [2.24, 2.45) is 20.5 Å². The zero-order chi connectivity index (χ0) is 52.2. The molecule has 0 fully saturated rings. The predicted octanol–water partition coefficient (Wildman–Crippen LogP) is 6.06. The lowest BCUT2D eigenvalue weighted by Crippen LogP contribution is -2.16. The van der Waals surface area contributed by atoms with Crippen molar-refractivity contribution in [2.75, 3.05) is 11.5 Å². The molecule has 71 heavy (non-hydrogen) atoms. The number of nitrogens with zero attached hydrogens (tertiary/aromatic N) is 17. The summed E-state index contributed by atoms with van der Waals surface area (Å²) in [6, 6.07) is 9.63. The molecule has 5 heterocycles. The summed E-state index contributed by atoms with van der Waals surface area (Å²) in [5.41, 5.74) is 10.5. The lowest BCUT2D eigenvalue weighted by atomic mass is 9.91. The van der Waals surface area contributed by atoms with Crippen molar-refractivity contribution < 1.29 is 44.7 Å². The van der Waals surface area contributed by atoms with Crippen LogP contribution in [0.3, 0.4) is 0 Å². The molecule has 0 unspecified atom stereocenters. The SMILES string of the molecule is Cc1nn(-c2cc(C(=O)O)cc(C(=O)O)c2)c(N=Nc2c(C(C)(C)C)nn(-c3nc(O)nc(-n4nc(C(C)(C)C)c(N=Nc5c(C#N)c(C)nn5-c5cc(C(=O)O)cc(C(=O)O)c5)c4N)n3)c2N)c1C#N. The van der Waals surface area contributed by atoms with Crippen LogP contribution in [0.5, 0.6) is 6.01 Å². The van der Waals surface area contributed by atoms with E-state index in [2.05, 4.69) is 55.8 Å². The number of hydrogen-bond acceptors (Lipinski definition) is 20. The van der Waals surface area contributed by atoms with Gasteiger partial charge in [-0.1, -0.05) is 41.5 Å². The molecule has 2 aromatic carbocycles. The fourth-order valence-corrected chi connectivity index (χ4v) is 6.88. The smallest absolute Gasteiger partial charge is 0.335 e. The Morgan fingerprint density at radius 2 is 0.859 bits per heavy atom. The van der Waals surface area contributed by atoms with E-state index in [-0.39, 0.29) is 114 Å². The van der Waals surface area contributed by atoms with Gasteiger partial charge < -0.3 is 37.0 Å². The molecule has 0 atom stereocenters. The van der Waals surface area contributed by atoms with Crippen molar-refractivity contribution >= 4 is 58.5 Å². The quantitative estimate of drug-likeness (QED) is 0.0683. The molecule has 28 heteroatoms. The van der Waals surface area contributed by atoms with Crippen LogP contribution in [0, 0.1) is 36.5 Å². The number of anilines is 2. The molecule has 0 saturated heterocycles. The summed E-state index contributed by atoms with van der Waals surface area (Å²) in [5.74, 6) is -7.33. The summed E-state index contributed by atoms with van der Waals surface area (Å²) >= 11 is 0. The van der Waals surface area contributed by atoms with Gasteiger partial charge in [-0.3, -0.25) is 0 Å². The molecule has 7 rings (SSSR count). The maximum Gasteiger partial charge on any atom is 0.335 e. The molecule has 28 nitrogen and oxygen atoms in total. The van der Waals surface area contributed by atoms with Crippen molar-refractivity contribution in [3.63, 3.8) is 0 Å². The number of hydrogen-bond donors (Lipinski definition) is 7. The number of aromatic carboxylic acids is 4. The summed E-state index contributed by atoms with van der Waals surface area (Å²) < 4.78 is 4.17. The van der Waals surface area contributed by atoms with E-state index in [9.17, 15) is 55.2 Å². The largest absolute Gasteiger partial charge is 0.479 e. The molecule has 0 radical (unpaired) electrons. The van der Waals surface area contributed by atoms with Crippen molar-refractivity contribution in [1.29, 1.82) is 10.5 Å². The Morgan fingerprint density at radius 3 is 1.14 bits per heavy atom. The molecule has 0 spiro atoms. The van der Waals surface area contributed by atoms with E-state index in [1.54, 1.807) is 41.5 Å². The number of nitrogens with two attached hydrogens (primary N) is 2. The van der Waals surface area contributed by atoms with Gasteiger partial charge in [0, 0.05) is 10.8 Å². The number of nitrogen functional groups attached to an aromatic ring is 2. The van der Waals surface area contributed by atoms with Crippen LogP contribution < -0.4 is 11.5 Å². The van der Waals surface area contributed by atoms with Crippen LogP contribution in [0.25, 0.3) is 23.3 Å². The third kappa shape index (κ3) is 9.13. The van der Waals surface area contributed by atoms with Crippen molar-refractivity contribution in [3.05, 3.63) is 92.6 Å². The first kappa shape index (κ1) is 48.7. The molecule has 0 aliphatic heterocycles. The molecule has 0 aliphatic carbocycles. The summed E-state index contributed by atoms with van der Waals surface area (Å²) in [6.07, 6.45) is 0. The van der Waals surface area contributed by atoms with Gasteiger partial charge in [-0.05, 0) is 50.2 Å². The number of aromatic hydroxyl groups is 1. The molecular weight excluding hydrogens is 927 g/mol. The Hall–Kier alpha value is -10.3. The average molecular weight is 966 g/mol. The highest BCUT2D eigenvalue weighted by atomic mass is 16.4. The summed E-state index contributed by atoms with van der Waals surface area (Å²) in [7, 11) is 0. The Bertz CT molecular complexity index is 3280. The van der Waals surface area contributed by atoms with Gasteiger partial charge in [-0.25, -0.2) is 28.5 Å². The maximum absolute atomic E-state index is 11.9. The van der Waals surface area contributed by atoms with Gasteiger partial charge in [0.2, 0.25) is 0 Å². The number of nitriles is 2. The molecule has 9 N–H and O–H groups in total. The average Bonchev–Trinajstić information content (AvgIpc) is 4.02. The van der Waals surface area contributed by atoms with E-state index in [0.29, 0.717) is 0 Å². The molecule has 360 valence electrons. The summed E-state index contributed by atoms with van der Waals surface area (Å²) in [5, 5.41) is 105. The summed E-state index contributed by atoms with van der Waals surface area (Å²) in [6.45, 7) is 13.6. The molecule has 7 aromatic rings. The van der Waals surface area contributed by atoms with E-state index in [0.717, 1.165) is 55.1 Å². The second kappa shape index (κ2) is 17.8. The number of carboxylic acid groups (broad SMARTS) is 4. The number of aryl methyl sites for hydroxylation is 2. The number of rotatable bonds is 12. The van der Waals surface area contributed by atoms with E-state index in [1.807, 2.05) is 12.1 Å². The van der Waals surface area contributed by atoms with Crippen LogP contribution in [0.4, 0.5) is 34.6 Å². The van der Waals surface area contributed by atoms with Gasteiger partial charge >= 0.3 is 29.9 Å². The lowest BCUT2D eigenvalue weighted by Gasteiger charge is -2.15. The third-order valence-electron chi connectivity index (χ3n) is 10.3. The van der Waals surface area contributed by atoms with Crippen molar-refractivity contribution in [1.82, 2.24) is 54.1 Å². The number of benzene rings is 2. The van der Waals surface area contributed by atoms with Gasteiger partial charge in [0.25, 0.3) is 11.9 Å². The first-order valence-electron chi connectivity index (χ1n) is 20.5. The highest BCUT2D eigenvalue weighted by molar-refractivity contribution is 5.96. The lowest BCUT2D eigenvalue weighted by molar-refractivity contribution is 0.0676. The van der Waals surface area contributed by atoms with Gasteiger partial charge in [-0.2, -0.15) is 55.2 Å². The minimum absolute atomic E-state index is 0.0566. The predicted molar refractivity (Wildman–Crippen MR) is 244 cm³/mol. The Labute approximate surface area is 399 Å². The minimum Gasteiger partial charge on any atom is -0.479 e. The van der Waals surface area contributed by atoms with Crippen LogP contribution >= 0.6 is 0 Å². The first-order chi connectivity index (χ1) is 33.2. The third-order valence-corrected chi connectivity index (χ3v) is 10.3. The standard InChI is InChI=1S/C43H39N19O9/c1-17-25(15-44)33(59(55-17)23-11-19(35(63)64)9-20(12-23)36(65)66)53-51-27-29(42(3,4)5)57-61(31(27)46)39-48-40(50-41(71)49-39)62-32(47)28(30(58-62)43(6,7)8)52-54-34-26(16-45)18(2)56-60(34)24-13-21(37(67)68)10-22(14-24)38(69)70/h9-14H,46-47H2,1-8H3,(H,63,64)(H,65,66)(H,67,68)(H,69,70)(H,48,49,50,71). The molecule has 0 bridgehead atoms. The number of azo groups is 2. The number of carbonyl (C=O) groups is 4. The van der Waals surface area contributed by atoms with E-state index >= 15 is 0 Å². The van der Waals surface area contributed by atoms with Crippen molar-refractivity contribution in [2.45, 2.75) is 66.2 Å². The van der Waals surface area contributed by atoms with Crippen LogP contribution in [0.2, 0.25) is 0 Å². The zero-order valence-electron chi connectivity index (χ0n) is 38.6. The fraction of sp³-hybridized carbons (Fsp3) is 0.233. The molecule has 0 amide bonds. The van der Waals surface area contributed by atoms with Crippen LogP contribution in [-0.2, 0) is 10.8 Å². The van der Waals surface area contributed by atoms with Crippen molar-refractivity contribution in [3.8, 4) is 41.4 Å². The monoisotopic (exact) mass is 965 g/mol. The van der Waals surface area contributed by atoms with Gasteiger partial charge in [0.05, 0.1) is 56.4 Å². The molecule has 0 aliphatic rings. The minimum atomic E-state index is -1.42. The van der Waals surface area contributed by atoms with Gasteiger partial charge in [0.15, 0.2) is 34.6 Å². The van der Waals surface area contributed by atoms with Crippen LogP contribution in [-0.4, -0.2) is 103 Å². The maximum atomic E-state index is 11.9. The van der Waals surface area contributed by atoms with E-state index in [1.165, 1.54) is 13.8 Å². The molecule has 0 saturated carbocycles. The zero-order valence-corrected chi connectivity index (χ0v) is 38.6. The first-order valence-corrected chi connectivity index (χ1v) is 20.5. The van der Waals surface area contributed by atoms with Crippen LogP contribution in [0.1, 0.15) is 117 Å². The normalized spacial score (nSPS) is 11.9. The molecule has 5 aromatic heterocycles. The highest BCUT2D eigenvalue weighted by Gasteiger charge is 2.32. The topological polar surface area (TPSA) is 428 Å². The van der Waals surface area contributed by atoms with E-state index < -0.39 is 40.7 Å². The van der Waals surface area contributed by atoms with Gasteiger partial charge in [-0.15, -0.1) is 20.5 Å². The number of aromatic nitrogens is 11.